The molecule has 0 N–H and O–H groups in total. The number of halogens is 2. The highest BCUT2D eigenvalue weighted by molar-refractivity contribution is 7.99. The maximum absolute atomic E-state index is 14.5. The molecule has 2 rings (SSSR count). The normalized spacial score (nSPS) is 24.4. The van der Waals surface area contributed by atoms with Crippen LogP contribution < -0.4 is 4.74 Å². The van der Waals surface area contributed by atoms with Gasteiger partial charge in [0.2, 0.25) is 18.2 Å². The third-order valence-corrected chi connectivity index (χ3v) is 4.96. The molecule has 1 aliphatic heterocycles. The van der Waals surface area contributed by atoms with E-state index in [1.807, 2.05) is 0 Å². The maximum Gasteiger partial charge on any atom is 0.305 e. The van der Waals surface area contributed by atoms with Gasteiger partial charge in [0.15, 0.2) is 28.5 Å². The van der Waals surface area contributed by atoms with E-state index in [9.17, 15) is 28.0 Å². The first kappa shape index (κ1) is 26.2. The highest BCUT2D eigenvalue weighted by atomic mass is 32.2. The molecule has 182 valence electrons. The predicted molar refractivity (Wildman–Crippen MR) is 101 cm³/mol. The van der Waals surface area contributed by atoms with Gasteiger partial charge in [-0.05, 0) is 0 Å². The Morgan fingerprint density at radius 2 is 1.30 bits per heavy atom. The summed E-state index contributed by atoms with van der Waals surface area (Å²) in [5.74, 6) is -7.07. The molecule has 5 atom stereocenters. The molecule has 0 saturated carbocycles. The molecule has 2 heterocycles. The van der Waals surface area contributed by atoms with Crippen molar-refractivity contribution in [1.82, 2.24) is 10.2 Å². The molecular weight excluding hydrogens is 474 g/mol. The molecule has 0 bridgehead atoms. The van der Waals surface area contributed by atoms with Crippen LogP contribution in [0.25, 0.3) is 0 Å². The molecule has 0 aromatic carbocycles. The topological polar surface area (TPSA) is 149 Å². The largest absolute Gasteiger partial charge is 0.478 e. The summed E-state index contributed by atoms with van der Waals surface area (Å²) in [6.45, 7) is 4.11. The van der Waals surface area contributed by atoms with Gasteiger partial charge in [0, 0.05) is 27.7 Å². The third-order valence-electron chi connectivity index (χ3n) is 3.86. The molecular formula is C18H20F2N2O10S. The molecule has 12 nitrogen and oxygen atoms in total. The fraction of sp³-hybridized carbons (Fsp3) is 0.556. The quantitative estimate of drug-likeness (QED) is 0.390. The van der Waals surface area contributed by atoms with E-state index < -0.39 is 76.5 Å². The number of aromatic nitrogens is 2. The van der Waals surface area contributed by atoms with Crippen LogP contribution in [0.2, 0.25) is 0 Å². The van der Waals surface area contributed by atoms with Crippen molar-refractivity contribution in [3.05, 3.63) is 11.6 Å². The SMILES string of the molecule is COc1nnc(SC2OC(OC(C)=O)C(OC(C)=O)C(OC(C)=O)C2OC(C)=O)c(F)c1F. The van der Waals surface area contributed by atoms with Crippen molar-refractivity contribution < 1.29 is 56.4 Å². The molecule has 1 saturated heterocycles. The number of methoxy groups -OCH3 is 1. The van der Waals surface area contributed by atoms with Crippen LogP contribution >= 0.6 is 11.8 Å². The van der Waals surface area contributed by atoms with Crippen molar-refractivity contribution in [1.29, 1.82) is 0 Å². The van der Waals surface area contributed by atoms with E-state index in [4.69, 9.17) is 23.7 Å². The van der Waals surface area contributed by atoms with E-state index in [1.54, 1.807) is 0 Å². The summed E-state index contributed by atoms with van der Waals surface area (Å²) in [5.41, 5.74) is -1.48. The zero-order valence-electron chi connectivity index (χ0n) is 18.0. The second kappa shape index (κ2) is 11.2. The van der Waals surface area contributed by atoms with Crippen molar-refractivity contribution in [3.8, 4) is 5.88 Å². The first-order chi connectivity index (χ1) is 15.4. The van der Waals surface area contributed by atoms with Crippen LogP contribution in [-0.4, -0.2) is 71.2 Å². The molecule has 5 unspecified atom stereocenters. The average molecular weight is 494 g/mol. The summed E-state index contributed by atoms with van der Waals surface area (Å²) in [4.78, 5) is 46.7. The van der Waals surface area contributed by atoms with E-state index in [0.717, 1.165) is 34.8 Å². The standard InChI is InChI=1S/C18H20F2N2O10S/c1-6(23)28-12-13(29-7(2)24)17(31-9(4)26)32-18(14(12)30-8(3)25)33-16-11(20)10(19)15(27-5)21-22-16/h12-14,17-18H,1-5H3. The van der Waals surface area contributed by atoms with E-state index in [-0.39, 0.29) is 0 Å². The Balaban J connectivity index is 2.52. The van der Waals surface area contributed by atoms with Gasteiger partial charge < -0.3 is 28.4 Å². The van der Waals surface area contributed by atoms with Gasteiger partial charge in [-0.15, -0.1) is 10.2 Å². The summed E-state index contributed by atoms with van der Waals surface area (Å²) in [6.07, 6.45) is -6.30. The first-order valence-electron chi connectivity index (χ1n) is 9.21. The van der Waals surface area contributed by atoms with Gasteiger partial charge in [-0.2, -0.15) is 4.39 Å². The molecule has 15 heteroatoms. The number of ether oxygens (including phenoxy) is 6. The van der Waals surface area contributed by atoms with Crippen molar-refractivity contribution in [3.63, 3.8) is 0 Å². The molecule has 1 aromatic heterocycles. The average Bonchev–Trinajstić information content (AvgIpc) is 2.69. The highest BCUT2D eigenvalue weighted by Gasteiger charge is 2.54. The van der Waals surface area contributed by atoms with Gasteiger partial charge in [-0.3, -0.25) is 19.2 Å². The molecule has 1 aliphatic rings. The van der Waals surface area contributed by atoms with Crippen molar-refractivity contribution in [2.24, 2.45) is 0 Å². The molecule has 1 aromatic rings. The Morgan fingerprint density at radius 1 is 0.788 bits per heavy atom. The monoisotopic (exact) mass is 494 g/mol. The van der Waals surface area contributed by atoms with Gasteiger partial charge in [-0.25, -0.2) is 4.39 Å². The van der Waals surface area contributed by atoms with Gasteiger partial charge in [0.25, 0.3) is 5.88 Å². The summed E-state index contributed by atoms with van der Waals surface area (Å²) in [5, 5.41) is 6.26. The number of thioether (sulfide) groups is 1. The second-order valence-electron chi connectivity index (χ2n) is 6.46. The fourth-order valence-electron chi connectivity index (χ4n) is 2.77. The van der Waals surface area contributed by atoms with E-state index >= 15 is 0 Å². The van der Waals surface area contributed by atoms with Gasteiger partial charge in [0.1, 0.15) is 0 Å². The van der Waals surface area contributed by atoms with Crippen LogP contribution in [0.5, 0.6) is 5.88 Å². The number of nitrogens with zero attached hydrogens (tertiary/aromatic N) is 2. The number of rotatable bonds is 7. The van der Waals surface area contributed by atoms with Crippen LogP contribution in [0.15, 0.2) is 5.03 Å². The second-order valence-corrected chi connectivity index (χ2v) is 7.55. The van der Waals surface area contributed by atoms with Crippen molar-refractivity contribution in [2.45, 2.75) is 62.8 Å². The predicted octanol–water partition coefficient (Wildman–Crippen LogP) is 0.896. The molecule has 0 amide bonds. The van der Waals surface area contributed by atoms with Crippen molar-refractivity contribution in [2.75, 3.05) is 7.11 Å². The lowest BCUT2D eigenvalue weighted by molar-refractivity contribution is -0.280. The number of carbonyl (C=O) groups excluding carboxylic acids is 4. The van der Waals surface area contributed by atoms with Crippen LogP contribution in [0.4, 0.5) is 8.78 Å². The first-order valence-corrected chi connectivity index (χ1v) is 10.1. The lowest BCUT2D eigenvalue weighted by Crippen LogP contribution is -2.61. The van der Waals surface area contributed by atoms with E-state index in [2.05, 4.69) is 14.9 Å². The van der Waals surface area contributed by atoms with E-state index in [0.29, 0.717) is 11.8 Å². The van der Waals surface area contributed by atoms with Crippen molar-refractivity contribution >= 4 is 35.6 Å². The van der Waals surface area contributed by atoms with Gasteiger partial charge in [0.05, 0.1) is 7.11 Å². The minimum Gasteiger partial charge on any atom is -0.478 e. The molecule has 1 fully saturated rings. The van der Waals surface area contributed by atoms with Crippen LogP contribution in [-0.2, 0) is 42.9 Å². The zero-order valence-corrected chi connectivity index (χ0v) is 18.8. The maximum atomic E-state index is 14.5. The molecule has 0 aliphatic carbocycles. The smallest absolute Gasteiger partial charge is 0.305 e. The number of esters is 4. The molecule has 0 spiro atoms. The Bertz CT molecular complexity index is 934. The van der Waals surface area contributed by atoms with Crippen LogP contribution in [0.3, 0.4) is 0 Å². The number of carbonyl (C=O) groups is 4. The summed E-state index contributed by atoms with van der Waals surface area (Å²) in [7, 11) is 1.06. The summed E-state index contributed by atoms with van der Waals surface area (Å²) < 4.78 is 59.2. The number of hydrogen-bond acceptors (Lipinski definition) is 13. The number of hydrogen-bond donors (Lipinski definition) is 0. The van der Waals surface area contributed by atoms with Crippen LogP contribution in [0, 0.1) is 11.6 Å². The van der Waals surface area contributed by atoms with Crippen LogP contribution in [0.1, 0.15) is 27.7 Å². The molecule has 0 radical (unpaired) electrons. The Hall–Kier alpha value is -3.07. The lowest BCUT2D eigenvalue weighted by atomic mass is 10.0. The fourth-order valence-corrected chi connectivity index (χ4v) is 3.78. The Morgan fingerprint density at radius 3 is 1.82 bits per heavy atom. The Labute approximate surface area is 190 Å². The summed E-state index contributed by atoms with van der Waals surface area (Å²) in [6, 6.07) is 0. The Kier molecular flexibility index (Phi) is 8.87. The molecule has 33 heavy (non-hydrogen) atoms. The van der Waals surface area contributed by atoms with E-state index in [1.165, 1.54) is 0 Å². The van der Waals surface area contributed by atoms with Gasteiger partial charge >= 0.3 is 23.9 Å². The third kappa shape index (κ3) is 6.71. The van der Waals surface area contributed by atoms with Gasteiger partial charge in [-0.1, -0.05) is 11.8 Å². The minimum absolute atomic E-state index is 0.391. The minimum atomic E-state index is -1.67. The lowest BCUT2D eigenvalue weighted by Gasteiger charge is -2.43. The summed E-state index contributed by atoms with van der Waals surface area (Å²) >= 11 is 0.391. The zero-order chi connectivity index (χ0) is 24.9. The highest BCUT2D eigenvalue weighted by Crippen LogP contribution is 2.38.